The fraction of sp³-hybridized carbons (Fsp3) is 0.467. The van der Waals surface area contributed by atoms with Gasteiger partial charge in [0, 0.05) is 12.7 Å². The number of aryl methyl sites for hydroxylation is 2. The van der Waals surface area contributed by atoms with E-state index in [9.17, 15) is 0 Å². The van der Waals surface area contributed by atoms with Gasteiger partial charge in [0.05, 0.1) is 12.2 Å². The maximum absolute atomic E-state index is 5.80. The van der Waals surface area contributed by atoms with Gasteiger partial charge in [0.25, 0.3) is 0 Å². The summed E-state index contributed by atoms with van der Waals surface area (Å²) in [6.45, 7) is 1.70. The Labute approximate surface area is 118 Å². The first-order chi connectivity index (χ1) is 9.85. The van der Waals surface area contributed by atoms with Crippen LogP contribution in [0.15, 0.2) is 24.4 Å². The van der Waals surface area contributed by atoms with Crippen LogP contribution in [0.1, 0.15) is 29.7 Å². The lowest BCUT2D eigenvalue weighted by Crippen LogP contribution is -2.09. The molecule has 0 saturated carbocycles. The van der Waals surface area contributed by atoms with Crippen molar-refractivity contribution >= 4 is 0 Å². The van der Waals surface area contributed by atoms with Gasteiger partial charge in [0.2, 0.25) is 0 Å². The third-order valence-corrected chi connectivity index (χ3v) is 3.70. The van der Waals surface area contributed by atoms with Gasteiger partial charge in [-0.1, -0.05) is 11.3 Å². The van der Waals surface area contributed by atoms with Crippen LogP contribution in [0.3, 0.4) is 0 Å². The maximum atomic E-state index is 5.80. The Hall–Kier alpha value is -1.88. The molecule has 0 unspecified atom stereocenters. The van der Waals surface area contributed by atoms with E-state index in [-0.39, 0.29) is 0 Å². The predicted octanol–water partition coefficient (Wildman–Crippen LogP) is 1.69. The number of hydrogen-bond donors (Lipinski definition) is 1. The van der Waals surface area contributed by atoms with Crippen LogP contribution in [0, 0.1) is 0 Å². The van der Waals surface area contributed by atoms with Crippen LogP contribution in [0.5, 0.6) is 5.75 Å². The van der Waals surface area contributed by atoms with Crippen LogP contribution < -0.4 is 10.5 Å². The standard InChI is InChI=1S/C15H20N4O/c16-10-14-11-19(18-17-14)7-8-20-15-6-5-12-3-1-2-4-13(12)9-15/h5-6,9,11H,1-4,7-8,10,16H2. The third-order valence-electron chi connectivity index (χ3n) is 3.70. The number of fused-ring (bicyclic) bond motifs is 1. The summed E-state index contributed by atoms with van der Waals surface area (Å²) in [6, 6.07) is 6.45. The molecule has 1 aromatic heterocycles. The van der Waals surface area contributed by atoms with Crippen molar-refractivity contribution in [2.45, 2.75) is 38.8 Å². The van der Waals surface area contributed by atoms with Gasteiger partial charge < -0.3 is 10.5 Å². The quantitative estimate of drug-likeness (QED) is 0.899. The van der Waals surface area contributed by atoms with E-state index in [1.54, 1.807) is 4.68 Å². The van der Waals surface area contributed by atoms with E-state index in [0.717, 1.165) is 11.4 Å². The second-order valence-electron chi connectivity index (χ2n) is 5.16. The third kappa shape index (κ3) is 2.99. The molecule has 5 nitrogen and oxygen atoms in total. The molecule has 2 N–H and O–H groups in total. The first-order valence-electron chi connectivity index (χ1n) is 7.19. The zero-order chi connectivity index (χ0) is 13.8. The maximum Gasteiger partial charge on any atom is 0.119 e. The summed E-state index contributed by atoms with van der Waals surface area (Å²) >= 11 is 0. The summed E-state index contributed by atoms with van der Waals surface area (Å²) in [4.78, 5) is 0. The Morgan fingerprint density at radius 1 is 1.20 bits per heavy atom. The zero-order valence-electron chi connectivity index (χ0n) is 11.6. The lowest BCUT2D eigenvalue weighted by Gasteiger charge is -2.16. The molecule has 20 heavy (non-hydrogen) atoms. The van der Waals surface area contributed by atoms with Gasteiger partial charge in [-0.05, 0) is 48.9 Å². The fourth-order valence-electron chi connectivity index (χ4n) is 2.60. The molecule has 1 aliphatic carbocycles. The molecule has 106 valence electrons. The molecule has 0 bridgehead atoms. The fourth-order valence-corrected chi connectivity index (χ4v) is 2.60. The van der Waals surface area contributed by atoms with E-state index in [1.807, 2.05) is 6.20 Å². The van der Waals surface area contributed by atoms with Crippen molar-refractivity contribution in [3.8, 4) is 5.75 Å². The molecule has 0 fully saturated rings. The van der Waals surface area contributed by atoms with E-state index in [1.165, 1.54) is 36.8 Å². The van der Waals surface area contributed by atoms with Crippen molar-refractivity contribution in [2.75, 3.05) is 6.61 Å². The molecule has 1 aromatic carbocycles. The van der Waals surface area contributed by atoms with Crippen molar-refractivity contribution in [3.05, 3.63) is 41.2 Å². The van der Waals surface area contributed by atoms with Crippen molar-refractivity contribution in [2.24, 2.45) is 5.73 Å². The highest BCUT2D eigenvalue weighted by atomic mass is 16.5. The summed E-state index contributed by atoms with van der Waals surface area (Å²) in [5.74, 6) is 0.949. The highest BCUT2D eigenvalue weighted by molar-refractivity contribution is 5.37. The molecule has 5 heteroatoms. The number of nitrogens with zero attached hydrogens (tertiary/aromatic N) is 3. The van der Waals surface area contributed by atoms with Gasteiger partial charge in [-0.25, -0.2) is 4.68 Å². The highest BCUT2D eigenvalue weighted by Crippen LogP contribution is 2.25. The SMILES string of the molecule is NCc1cn(CCOc2ccc3c(c2)CCCC3)nn1. The van der Waals surface area contributed by atoms with E-state index < -0.39 is 0 Å². The minimum absolute atomic E-state index is 0.422. The average Bonchev–Trinajstić information content (AvgIpc) is 2.95. The molecule has 0 radical (unpaired) electrons. The Kier molecular flexibility index (Phi) is 3.97. The van der Waals surface area contributed by atoms with E-state index in [0.29, 0.717) is 19.7 Å². The summed E-state index contributed by atoms with van der Waals surface area (Å²) in [7, 11) is 0. The van der Waals surface area contributed by atoms with Crippen LogP contribution in [0.2, 0.25) is 0 Å². The number of nitrogens with two attached hydrogens (primary N) is 1. The summed E-state index contributed by atoms with van der Waals surface area (Å²) in [6.07, 6.45) is 6.84. The largest absolute Gasteiger partial charge is 0.492 e. The minimum atomic E-state index is 0.422. The summed E-state index contributed by atoms with van der Waals surface area (Å²) in [5, 5.41) is 7.95. The molecule has 0 amide bonds. The van der Waals surface area contributed by atoms with Gasteiger partial charge in [0.15, 0.2) is 0 Å². The molecule has 0 atom stereocenters. The average molecular weight is 272 g/mol. The Bertz CT molecular complexity index is 579. The lowest BCUT2D eigenvalue weighted by molar-refractivity contribution is 0.289. The summed E-state index contributed by atoms with van der Waals surface area (Å²) < 4.78 is 7.56. The van der Waals surface area contributed by atoms with E-state index >= 15 is 0 Å². The van der Waals surface area contributed by atoms with Crippen molar-refractivity contribution in [3.63, 3.8) is 0 Å². The van der Waals surface area contributed by atoms with Crippen LogP contribution in [-0.2, 0) is 25.9 Å². The lowest BCUT2D eigenvalue weighted by atomic mass is 9.92. The molecule has 0 aliphatic heterocycles. The number of hydrogen-bond acceptors (Lipinski definition) is 4. The van der Waals surface area contributed by atoms with Gasteiger partial charge in [-0.3, -0.25) is 0 Å². The van der Waals surface area contributed by atoms with Gasteiger partial charge in [0.1, 0.15) is 12.4 Å². The van der Waals surface area contributed by atoms with Gasteiger partial charge in [-0.2, -0.15) is 0 Å². The minimum Gasteiger partial charge on any atom is -0.492 e. The summed E-state index contributed by atoms with van der Waals surface area (Å²) in [5.41, 5.74) is 9.23. The van der Waals surface area contributed by atoms with Crippen LogP contribution in [-0.4, -0.2) is 21.6 Å². The van der Waals surface area contributed by atoms with Gasteiger partial charge >= 0.3 is 0 Å². The molecular weight excluding hydrogens is 252 g/mol. The van der Waals surface area contributed by atoms with Crippen LogP contribution in [0.4, 0.5) is 0 Å². The first-order valence-corrected chi connectivity index (χ1v) is 7.19. The van der Waals surface area contributed by atoms with Crippen LogP contribution in [0.25, 0.3) is 0 Å². The molecule has 0 spiro atoms. The molecule has 0 saturated heterocycles. The molecule has 1 heterocycles. The predicted molar refractivity (Wildman–Crippen MR) is 76.5 cm³/mol. The smallest absolute Gasteiger partial charge is 0.119 e. The molecule has 3 rings (SSSR count). The van der Waals surface area contributed by atoms with E-state index in [4.69, 9.17) is 10.5 Å². The topological polar surface area (TPSA) is 66.0 Å². The van der Waals surface area contributed by atoms with Crippen molar-refractivity contribution in [1.29, 1.82) is 0 Å². The van der Waals surface area contributed by atoms with Gasteiger partial charge in [-0.15, -0.1) is 5.10 Å². The molecular formula is C15H20N4O. The number of benzene rings is 1. The Morgan fingerprint density at radius 3 is 2.85 bits per heavy atom. The zero-order valence-corrected chi connectivity index (χ0v) is 11.6. The normalized spacial score (nSPS) is 14.1. The van der Waals surface area contributed by atoms with Crippen LogP contribution >= 0.6 is 0 Å². The molecule has 2 aromatic rings. The number of ether oxygens (including phenoxy) is 1. The second-order valence-corrected chi connectivity index (χ2v) is 5.16. The van der Waals surface area contributed by atoms with Crippen molar-refractivity contribution < 1.29 is 4.74 Å². The Morgan fingerprint density at radius 2 is 2.05 bits per heavy atom. The number of rotatable bonds is 5. The molecule has 1 aliphatic rings. The number of aromatic nitrogens is 3. The van der Waals surface area contributed by atoms with E-state index in [2.05, 4.69) is 28.5 Å². The Balaban J connectivity index is 1.55. The second kappa shape index (κ2) is 6.05. The first kappa shape index (κ1) is 13.1. The highest BCUT2D eigenvalue weighted by Gasteiger charge is 2.09. The van der Waals surface area contributed by atoms with Crippen molar-refractivity contribution in [1.82, 2.24) is 15.0 Å². The monoisotopic (exact) mass is 272 g/mol.